The van der Waals surface area contributed by atoms with Gasteiger partial charge in [-0.05, 0) is 91.8 Å². The van der Waals surface area contributed by atoms with Crippen molar-refractivity contribution in [1.29, 1.82) is 0 Å². The molecular weight excluding hydrogens is 541 g/mol. The molecule has 6 nitrogen and oxygen atoms in total. The van der Waals surface area contributed by atoms with Gasteiger partial charge in [-0.15, -0.1) is 0 Å². The van der Waals surface area contributed by atoms with Crippen LogP contribution in [-0.4, -0.2) is 16.0 Å². The van der Waals surface area contributed by atoms with Crippen LogP contribution in [0.4, 0.5) is 5.69 Å². The Morgan fingerprint density at radius 1 is 0.921 bits per heavy atom. The van der Waals surface area contributed by atoms with Gasteiger partial charge in [-0.25, -0.2) is 4.98 Å². The first kappa shape index (κ1) is 25.7. The van der Waals surface area contributed by atoms with Crippen LogP contribution in [0, 0.1) is 13.8 Å². The second-order valence-corrected chi connectivity index (χ2v) is 9.85. The van der Waals surface area contributed by atoms with Gasteiger partial charge in [0.15, 0.2) is 10.7 Å². The Hall–Kier alpha value is -3.91. The second-order valence-electron chi connectivity index (χ2n) is 8.63. The average Bonchev–Trinajstić information content (AvgIpc) is 3.53. The predicted octanol–water partition coefficient (Wildman–Crippen LogP) is 8.20. The summed E-state index contributed by atoms with van der Waals surface area (Å²) >= 11 is 17.9. The van der Waals surface area contributed by atoms with Crippen LogP contribution in [-0.2, 0) is 4.79 Å². The van der Waals surface area contributed by atoms with Gasteiger partial charge < -0.3 is 14.2 Å². The van der Waals surface area contributed by atoms with E-state index in [-0.39, 0.29) is 5.11 Å². The van der Waals surface area contributed by atoms with E-state index in [0.717, 1.165) is 22.2 Å². The minimum absolute atomic E-state index is 0.0846. The lowest BCUT2D eigenvalue weighted by Gasteiger charge is -2.10. The molecule has 0 aliphatic rings. The number of anilines is 1. The Balaban J connectivity index is 1.23. The van der Waals surface area contributed by atoms with Crippen molar-refractivity contribution < 1.29 is 13.6 Å². The van der Waals surface area contributed by atoms with Crippen LogP contribution in [0.1, 0.15) is 16.9 Å². The Labute approximate surface area is 234 Å². The summed E-state index contributed by atoms with van der Waals surface area (Å²) in [6.45, 7) is 3.93. The zero-order valence-corrected chi connectivity index (χ0v) is 22.7. The van der Waals surface area contributed by atoms with Crippen LogP contribution in [0.25, 0.3) is 40.0 Å². The van der Waals surface area contributed by atoms with Gasteiger partial charge >= 0.3 is 0 Å². The Bertz CT molecular complexity index is 1720. The van der Waals surface area contributed by atoms with Gasteiger partial charge in [-0.3, -0.25) is 10.1 Å². The number of fused-ring (bicyclic) bond motifs is 1. The summed E-state index contributed by atoms with van der Waals surface area (Å²) in [7, 11) is 0. The van der Waals surface area contributed by atoms with Crippen molar-refractivity contribution in [3.05, 3.63) is 99.7 Å². The highest BCUT2D eigenvalue weighted by molar-refractivity contribution is 7.80. The number of hydrogen-bond donors (Lipinski definition) is 2. The number of amides is 1. The summed E-state index contributed by atoms with van der Waals surface area (Å²) in [4.78, 5) is 17.0. The maximum atomic E-state index is 12.4. The summed E-state index contributed by atoms with van der Waals surface area (Å²) in [5.41, 5.74) is 5.60. The highest BCUT2D eigenvalue weighted by atomic mass is 35.5. The van der Waals surface area contributed by atoms with E-state index < -0.39 is 5.91 Å². The fraction of sp³-hybridized carbons (Fsp3) is 0.0690. The van der Waals surface area contributed by atoms with Crippen molar-refractivity contribution >= 4 is 69.3 Å². The number of oxazole rings is 1. The molecule has 190 valence electrons. The number of thiocarbonyl (C=S) groups is 1. The molecule has 0 saturated carbocycles. The zero-order chi connectivity index (χ0) is 26.8. The van der Waals surface area contributed by atoms with Crippen molar-refractivity contribution in [3.8, 4) is 22.8 Å². The van der Waals surface area contributed by atoms with Crippen LogP contribution < -0.4 is 10.6 Å². The minimum Gasteiger partial charge on any atom is -0.457 e. The summed E-state index contributed by atoms with van der Waals surface area (Å²) < 4.78 is 11.7. The molecule has 9 heteroatoms. The number of carbonyl (C=O) groups is 1. The smallest absolute Gasteiger partial charge is 0.250 e. The third-order valence-corrected chi connectivity index (χ3v) is 6.66. The van der Waals surface area contributed by atoms with Crippen LogP contribution in [0.15, 0.2) is 81.6 Å². The number of nitrogens with zero attached hydrogens (tertiary/aromatic N) is 1. The number of benzene rings is 3. The molecule has 5 aromatic rings. The number of rotatable bonds is 5. The maximum Gasteiger partial charge on any atom is 0.250 e. The van der Waals surface area contributed by atoms with Gasteiger partial charge in [0.1, 0.15) is 17.0 Å². The highest BCUT2D eigenvalue weighted by Gasteiger charge is 2.12. The monoisotopic (exact) mass is 561 g/mol. The Morgan fingerprint density at radius 2 is 1.74 bits per heavy atom. The molecule has 1 amide bonds. The molecule has 2 heterocycles. The molecular formula is C29H21Cl2N3O3S. The normalized spacial score (nSPS) is 11.3. The Kier molecular flexibility index (Phi) is 7.33. The van der Waals surface area contributed by atoms with Crippen molar-refractivity contribution in [3.63, 3.8) is 0 Å². The van der Waals surface area contributed by atoms with Gasteiger partial charge in [-0.1, -0.05) is 41.4 Å². The van der Waals surface area contributed by atoms with E-state index in [1.54, 1.807) is 30.3 Å². The molecule has 2 N–H and O–H groups in total. The van der Waals surface area contributed by atoms with Crippen molar-refractivity contribution in [1.82, 2.24) is 10.3 Å². The Morgan fingerprint density at radius 3 is 2.55 bits per heavy atom. The molecule has 0 saturated heterocycles. The SMILES string of the molecule is Cc1ccc2oc(-c3ccc(Cl)c(NC(=S)NC(=O)/C=C/c4ccc(-c5ccc(C)c(Cl)c5)o4)c3)nc2c1. The summed E-state index contributed by atoms with van der Waals surface area (Å²) in [5, 5.41) is 6.72. The van der Waals surface area contributed by atoms with Gasteiger partial charge in [-0.2, -0.15) is 0 Å². The molecule has 38 heavy (non-hydrogen) atoms. The third kappa shape index (κ3) is 5.81. The number of hydrogen-bond acceptors (Lipinski definition) is 5. The quantitative estimate of drug-likeness (QED) is 0.166. The van der Waals surface area contributed by atoms with Crippen LogP contribution in [0.5, 0.6) is 0 Å². The van der Waals surface area contributed by atoms with Gasteiger partial charge in [0.25, 0.3) is 0 Å². The van der Waals surface area contributed by atoms with E-state index in [9.17, 15) is 4.79 Å². The number of nitrogens with one attached hydrogen (secondary N) is 2. The van der Waals surface area contributed by atoms with Crippen molar-refractivity contribution in [2.75, 3.05) is 5.32 Å². The van der Waals surface area contributed by atoms with E-state index in [4.69, 9.17) is 44.3 Å². The fourth-order valence-corrected chi connectivity index (χ4v) is 4.28. The number of aryl methyl sites for hydroxylation is 2. The summed E-state index contributed by atoms with van der Waals surface area (Å²) in [6, 6.07) is 20.3. The van der Waals surface area contributed by atoms with E-state index in [0.29, 0.717) is 44.3 Å². The molecule has 0 aliphatic carbocycles. The first-order valence-electron chi connectivity index (χ1n) is 11.6. The molecule has 0 bridgehead atoms. The first-order valence-corrected chi connectivity index (χ1v) is 12.7. The lowest BCUT2D eigenvalue weighted by molar-refractivity contribution is -0.115. The van der Waals surface area contributed by atoms with Crippen molar-refractivity contribution in [2.24, 2.45) is 0 Å². The number of aromatic nitrogens is 1. The highest BCUT2D eigenvalue weighted by Crippen LogP contribution is 2.31. The number of furan rings is 1. The molecule has 0 spiro atoms. The number of carbonyl (C=O) groups excluding carboxylic acids is 1. The van der Waals surface area contributed by atoms with E-state index in [2.05, 4.69) is 15.6 Å². The van der Waals surface area contributed by atoms with Gasteiger partial charge in [0.05, 0.1) is 10.7 Å². The van der Waals surface area contributed by atoms with Crippen molar-refractivity contribution in [2.45, 2.75) is 13.8 Å². The molecule has 0 radical (unpaired) electrons. The predicted molar refractivity (Wildman–Crippen MR) is 156 cm³/mol. The molecule has 2 aromatic heterocycles. The minimum atomic E-state index is -0.430. The summed E-state index contributed by atoms with van der Waals surface area (Å²) in [5.74, 6) is 1.18. The second kappa shape index (κ2) is 10.8. The molecule has 0 fully saturated rings. The van der Waals surface area contributed by atoms with Crippen LogP contribution >= 0.6 is 35.4 Å². The third-order valence-electron chi connectivity index (χ3n) is 5.72. The van der Waals surface area contributed by atoms with Crippen LogP contribution in [0.3, 0.4) is 0 Å². The topological polar surface area (TPSA) is 80.3 Å². The number of halogens is 2. The van der Waals surface area contributed by atoms with E-state index >= 15 is 0 Å². The zero-order valence-electron chi connectivity index (χ0n) is 20.3. The van der Waals surface area contributed by atoms with Gasteiger partial charge in [0, 0.05) is 22.2 Å². The van der Waals surface area contributed by atoms with Gasteiger partial charge in [0.2, 0.25) is 11.8 Å². The van der Waals surface area contributed by atoms with Crippen LogP contribution in [0.2, 0.25) is 10.0 Å². The molecule has 5 rings (SSSR count). The lowest BCUT2D eigenvalue weighted by Crippen LogP contribution is -2.32. The first-order chi connectivity index (χ1) is 18.2. The average molecular weight is 562 g/mol. The largest absolute Gasteiger partial charge is 0.457 e. The fourth-order valence-electron chi connectivity index (χ4n) is 3.72. The molecule has 0 unspecified atom stereocenters. The summed E-state index contributed by atoms with van der Waals surface area (Å²) in [6.07, 6.45) is 2.89. The maximum absolute atomic E-state index is 12.4. The standard InChI is InChI=1S/C29H21Cl2N3O3S/c1-16-3-10-26-24(13-16)32-28(37-26)19-6-9-21(30)23(15-19)33-29(38)34-27(35)12-8-20-7-11-25(36-20)18-5-4-17(2)22(31)14-18/h3-15H,1-2H3,(H2,33,34,35,38)/b12-8+. The molecule has 3 aromatic carbocycles. The molecule has 0 aliphatic heterocycles. The molecule has 0 atom stereocenters. The van der Waals surface area contributed by atoms with E-state index in [1.165, 1.54) is 6.08 Å². The lowest BCUT2D eigenvalue weighted by atomic mass is 10.1. The van der Waals surface area contributed by atoms with E-state index in [1.807, 2.05) is 56.3 Å².